The largest absolute Gasteiger partial charge is 0.338 e. The summed E-state index contributed by atoms with van der Waals surface area (Å²) in [7, 11) is 1.96. The van der Waals surface area contributed by atoms with Crippen LogP contribution in [0.2, 0.25) is 0 Å². The second kappa shape index (κ2) is 5.94. The van der Waals surface area contributed by atoms with Gasteiger partial charge in [-0.05, 0) is 24.0 Å². The van der Waals surface area contributed by atoms with Crippen molar-refractivity contribution in [1.29, 1.82) is 0 Å². The molecule has 108 valence electrons. The lowest BCUT2D eigenvalue weighted by Crippen LogP contribution is -2.48. The first-order valence-corrected chi connectivity index (χ1v) is 7.52. The van der Waals surface area contributed by atoms with Crippen molar-refractivity contribution in [2.24, 2.45) is 0 Å². The molecule has 0 aromatic heterocycles. The molecule has 1 saturated heterocycles. The molecule has 1 aromatic carbocycles. The third-order valence-electron chi connectivity index (χ3n) is 4.53. The summed E-state index contributed by atoms with van der Waals surface area (Å²) in [6, 6.07) is 8.78. The third kappa shape index (κ3) is 2.72. The fourth-order valence-corrected chi connectivity index (χ4v) is 3.28. The molecule has 1 aliphatic carbocycles. The van der Waals surface area contributed by atoms with Gasteiger partial charge in [0.1, 0.15) is 0 Å². The molecule has 1 amide bonds. The van der Waals surface area contributed by atoms with Crippen LogP contribution >= 0.6 is 0 Å². The summed E-state index contributed by atoms with van der Waals surface area (Å²) in [6.45, 7) is 4.48. The molecule has 1 N–H and O–H groups in total. The second-order valence-electron chi connectivity index (χ2n) is 5.78. The molecule has 1 atom stereocenters. The summed E-state index contributed by atoms with van der Waals surface area (Å²) in [4.78, 5) is 16.7. The molecule has 4 heteroatoms. The minimum atomic E-state index is 0.244. The topological polar surface area (TPSA) is 35.6 Å². The van der Waals surface area contributed by atoms with Crippen LogP contribution in [-0.2, 0) is 11.2 Å². The highest BCUT2D eigenvalue weighted by atomic mass is 16.2. The van der Waals surface area contributed by atoms with E-state index in [0.717, 1.165) is 39.0 Å². The van der Waals surface area contributed by atoms with Crippen LogP contribution in [0, 0.1) is 0 Å². The van der Waals surface area contributed by atoms with Gasteiger partial charge in [0.2, 0.25) is 5.91 Å². The number of carbonyl (C=O) groups excluding carboxylic acids is 1. The van der Waals surface area contributed by atoms with Crippen molar-refractivity contribution >= 4 is 5.91 Å². The number of fused-ring (bicyclic) bond motifs is 1. The Hall–Kier alpha value is -1.39. The number of likely N-dealkylation sites (N-methyl/N-ethyl adjacent to an activating group) is 1. The van der Waals surface area contributed by atoms with Crippen LogP contribution in [0.1, 0.15) is 23.6 Å². The number of carbonyl (C=O) groups is 1. The van der Waals surface area contributed by atoms with Crippen LogP contribution in [0.3, 0.4) is 0 Å². The highest BCUT2D eigenvalue weighted by Crippen LogP contribution is 2.34. The minimum Gasteiger partial charge on any atom is -0.338 e. The van der Waals surface area contributed by atoms with Crippen molar-refractivity contribution < 1.29 is 4.79 Å². The maximum atomic E-state index is 12.5. The Bertz CT molecular complexity index is 482. The lowest BCUT2D eigenvalue weighted by molar-refractivity contribution is -0.133. The first kappa shape index (κ1) is 13.6. The van der Waals surface area contributed by atoms with Crippen molar-refractivity contribution in [3.63, 3.8) is 0 Å². The summed E-state index contributed by atoms with van der Waals surface area (Å²) < 4.78 is 0. The Morgan fingerprint density at radius 3 is 2.90 bits per heavy atom. The Kier molecular flexibility index (Phi) is 4.03. The van der Waals surface area contributed by atoms with Gasteiger partial charge in [0.25, 0.3) is 0 Å². The lowest BCUT2D eigenvalue weighted by atomic mass is 10.1. The molecule has 20 heavy (non-hydrogen) atoms. The average Bonchev–Trinajstić information content (AvgIpc) is 2.91. The van der Waals surface area contributed by atoms with E-state index >= 15 is 0 Å². The van der Waals surface area contributed by atoms with Gasteiger partial charge >= 0.3 is 0 Å². The van der Waals surface area contributed by atoms with E-state index in [0.29, 0.717) is 6.54 Å². The summed E-state index contributed by atoms with van der Waals surface area (Å²) >= 11 is 0. The van der Waals surface area contributed by atoms with Gasteiger partial charge in [-0.3, -0.25) is 9.69 Å². The van der Waals surface area contributed by atoms with Crippen LogP contribution in [0.25, 0.3) is 0 Å². The molecular weight excluding hydrogens is 250 g/mol. The quantitative estimate of drug-likeness (QED) is 0.894. The summed E-state index contributed by atoms with van der Waals surface area (Å²) in [5.74, 6) is 0.244. The molecule has 1 heterocycles. The van der Waals surface area contributed by atoms with Crippen LogP contribution in [0.15, 0.2) is 24.3 Å². The van der Waals surface area contributed by atoms with Gasteiger partial charge in [-0.1, -0.05) is 24.3 Å². The number of amides is 1. The molecule has 1 aliphatic heterocycles. The number of nitrogens with zero attached hydrogens (tertiary/aromatic N) is 2. The lowest BCUT2D eigenvalue weighted by Gasteiger charge is -2.31. The van der Waals surface area contributed by atoms with Crippen molar-refractivity contribution in [3.8, 4) is 0 Å². The number of piperazine rings is 1. The molecule has 1 fully saturated rings. The van der Waals surface area contributed by atoms with E-state index < -0.39 is 0 Å². The van der Waals surface area contributed by atoms with Crippen LogP contribution in [0.4, 0.5) is 0 Å². The van der Waals surface area contributed by atoms with Gasteiger partial charge in [0.15, 0.2) is 0 Å². The maximum absolute atomic E-state index is 12.5. The monoisotopic (exact) mass is 273 g/mol. The highest BCUT2D eigenvalue weighted by molar-refractivity contribution is 5.78. The van der Waals surface area contributed by atoms with Gasteiger partial charge in [0, 0.05) is 33.2 Å². The molecule has 3 rings (SSSR count). The number of rotatable bonds is 3. The van der Waals surface area contributed by atoms with Crippen LogP contribution in [-0.4, -0.2) is 55.5 Å². The number of hydrogen-bond acceptors (Lipinski definition) is 3. The molecule has 1 aromatic rings. The summed E-state index contributed by atoms with van der Waals surface area (Å²) in [6.07, 6.45) is 2.15. The Labute approximate surface area is 120 Å². The Morgan fingerprint density at radius 2 is 2.10 bits per heavy atom. The fourth-order valence-electron chi connectivity index (χ4n) is 3.28. The number of aryl methyl sites for hydroxylation is 1. The van der Waals surface area contributed by atoms with Gasteiger partial charge in [-0.25, -0.2) is 0 Å². The van der Waals surface area contributed by atoms with Crippen LogP contribution < -0.4 is 5.32 Å². The number of benzene rings is 1. The Balaban J connectivity index is 1.64. The fraction of sp³-hybridized carbons (Fsp3) is 0.562. The smallest absolute Gasteiger partial charge is 0.237 e. The van der Waals surface area contributed by atoms with E-state index in [4.69, 9.17) is 0 Å². The van der Waals surface area contributed by atoms with Crippen molar-refractivity contribution in [3.05, 3.63) is 35.4 Å². The molecule has 0 spiro atoms. The summed E-state index contributed by atoms with van der Waals surface area (Å²) in [5.41, 5.74) is 2.74. The molecule has 0 bridgehead atoms. The number of hydrogen-bond donors (Lipinski definition) is 1. The van der Waals surface area contributed by atoms with E-state index in [1.807, 2.05) is 11.9 Å². The second-order valence-corrected chi connectivity index (χ2v) is 5.78. The predicted molar refractivity (Wildman–Crippen MR) is 79.6 cm³/mol. The van der Waals surface area contributed by atoms with E-state index in [1.165, 1.54) is 11.1 Å². The zero-order valence-electron chi connectivity index (χ0n) is 12.1. The van der Waals surface area contributed by atoms with Crippen molar-refractivity contribution in [2.75, 3.05) is 39.8 Å². The first-order chi connectivity index (χ1) is 9.75. The van der Waals surface area contributed by atoms with Crippen molar-refractivity contribution in [1.82, 2.24) is 15.1 Å². The zero-order chi connectivity index (χ0) is 13.9. The molecule has 4 nitrogen and oxygen atoms in total. The van der Waals surface area contributed by atoms with E-state index in [9.17, 15) is 4.79 Å². The predicted octanol–water partition coefficient (Wildman–Crippen LogP) is 1.04. The van der Waals surface area contributed by atoms with Crippen molar-refractivity contribution in [2.45, 2.75) is 18.9 Å². The Morgan fingerprint density at radius 1 is 1.35 bits per heavy atom. The molecule has 2 aliphatic rings. The molecule has 0 saturated carbocycles. The number of nitrogens with one attached hydrogen (secondary N) is 1. The van der Waals surface area contributed by atoms with Gasteiger partial charge in [-0.15, -0.1) is 0 Å². The maximum Gasteiger partial charge on any atom is 0.237 e. The third-order valence-corrected chi connectivity index (χ3v) is 4.53. The highest BCUT2D eigenvalue weighted by Gasteiger charge is 2.29. The SMILES string of the molecule is CN(C(=O)CN1CCNCC1)C1CCc2ccccc21. The standard InChI is InChI=1S/C16H23N3O/c1-18(16(20)12-19-10-8-17-9-11-19)15-7-6-13-4-2-3-5-14(13)15/h2-5,15,17H,6-12H2,1H3. The molecule has 0 radical (unpaired) electrons. The molecule has 1 unspecified atom stereocenters. The van der Waals surface area contributed by atoms with Gasteiger partial charge in [-0.2, -0.15) is 0 Å². The van der Waals surface area contributed by atoms with E-state index in [-0.39, 0.29) is 11.9 Å². The van der Waals surface area contributed by atoms with Crippen LogP contribution in [0.5, 0.6) is 0 Å². The van der Waals surface area contributed by atoms with E-state index in [2.05, 4.69) is 34.5 Å². The van der Waals surface area contributed by atoms with E-state index in [1.54, 1.807) is 0 Å². The first-order valence-electron chi connectivity index (χ1n) is 7.52. The van der Waals surface area contributed by atoms with Gasteiger partial charge < -0.3 is 10.2 Å². The zero-order valence-corrected chi connectivity index (χ0v) is 12.1. The normalized spacial score (nSPS) is 22.6. The van der Waals surface area contributed by atoms with Gasteiger partial charge in [0.05, 0.1) is 12.6 Å². The summed E-state index contributed by atoms with van der Waals surface area (Å²) in [5, 5.41) is 3.32. The minimum absolute atomic E-state index is 0.244. The average molecular weight is 273 g/mol. The molecular formula is C16H23N3O.